The van der Waals surface area contributed by atoms with E-state index in [4.69, 9.17) is 5.73 Å². The summed E-state index contributed by atoms with van der Waals surface area (Å²) in [5, 5.41) is 5.83. The number of nitrogens with one attached hydrogen (secondary N) is 1. The van der Waals surface area contributed by atoms with E-state index in [0.29, 0.717) is 0 Å². The quantitative estimate of drug-likeness (QED) is 0.802. The van der Waals surface area contributed by atoms with E-state index in [9.17, 15) is 18.0 Å². The zero-order valence-corrected chi connectivity index (χ0v) is 7.93. The van der Waals surface area contributed by atoms with E-state index in [1.807, 2.05) is 0 Å². The molecule has 1 amide bonds. The summed E-state index contributed by atoms with van der Waals surface area (Å²) in [7, 11) is 0. The SMILES string of the molecule is CC(CC(F)(F)F)(C(N)=O)c1ccn[nH]1. The maximum Gasteiger partial charge on any atom is 0.390 e. The molecule has 0 aliphatic rings. The fourth-order valence-corrected chi connectivity index (χ4v) is 1.28. The van der Waals surface area contributed by atoms with Gasteiger partial charge in [-0.3, -0.25) is 9.89 Å². The first kappa shape index (κ1) is 11.5. The first-order valence-corrected chi connectivity index (χ1v) is 4.12. The predicted molar refractivity (Wildman–Crippen MR) is 45.8 cm³/mol. The largest absolute Gasteiger partial charge is 0.390 e. The number of rotatable bonds is 3. The third kappa shape index (κ3) is 2.48. The van der Waals surface area contributed by atoms with Crippen molar-refractivity contribution < 1.29 is 18.0 Å². The van der Waals surface area contributed by atoms with Crippen molar-refractivity contribution in [1.29, 1.82) is 0 Å². The normalized spacial score (nSPS) is 16.0. The van der Waals surface area contributed by atoms with Gasteiger partial charge in [-0.2, -0.15) is 18.3 Å². The van der Waals surface area contributed by atoms with Crippen LogP contribution in [0.3, 0.4) is 0 Å². The lowest BCUT2D eigenvalue weighted by atomic mass is 9.82. The second-order valence-electron chi connectivity index (χ2n) is 3.46. The Hall–Kier alpha value is -1.53. The Kier molecular flexibility index (Phi) is 2.74. The van der Waals surface area contributed by atoms with Crippen molar-refractivity contribution in [3.05, 3.63) is 18.0 Å². The van der Waals surface area contributed by atoms with Gasteiger partial charge in [0.25, 0.3) is 0 Å². The topological polar surface area (TPSA) is 71.8 Å². The summed E-state index contributed by atoms with van der Waals surface area (Å²) in [6.45, 7) is 1.14. The fourth-order valence-electron chi connectivity index (χ4n) is 1.28. The molecular formula is C8H10F3N3O. The van der Waals surface area contributed by atoms with Gasteiger partial charge in [0.05, 0.1) is 17.5 Å². The van der Waals surface area contributed by atoms with Crippen LogP contribution in [0.25, 0.3) is 0 Å². The molecule has 1 rings (SSSR count). The number of halogens is 3. The van der Waals surface area contributed by atoms with E-state index in [2.05, 4.69) is 10.2 Å². The van der Waals surface area contributed by atoms with Crippen LogP contribution in [0.1, 0.15) is 19.0 Å². The minimum Gasteiger partial charge on any atom is -0.369 e. The maximum atomic E-state index is 12.3. The molecule has 84 valence electrons. The Morgan fingerprint density at radius 3 is 2.53 bits per heavy atom. The Balaban J connectivity index is 3.05. The summed E-state index contributed by atoms with van der Waals surface area (Å²) in [6, 6.07) is 1.30. The first-order chi connectivity index (χ1) is 6.76. The maximum absolute atomic E-state index is 12.3. The molecule has 0 aliphatic heterocycles. The molecule has 15 heavy (non-hydrogen) atoms. The van der Waals surface area contributed by atoms with E-state index in [-0.39, 0.29) is 5.69 Å². The molecule has 0 aromatic carbocycles. The number of alkyl halides is 3. The summed E-state index contributed by atoms with van der Waals surface area (Å²) in [4.78, 5) is 11.1. The highest BCUT2D eigenvalue weighted by Crippen LogP contribution is 2.35. The second kappa shape index (κ2) is 3.56. The van der Waals surface area contributed by atoms with Crippen molar-refractivity contribution in [1.82, 2.24) is 10.2 Å². The highest BCUT2D eigenvalue weighted by molar-refractivity contribution is 5.85. The zero-order chi connectivity index (χ0) is 11.7. The summed E-state index contributed by atoms with van der Waals surface area (Å²) in [5.41, 5.74) is 3.25. The molecule has 3 N–H and O–H groups in total. The summed E-state index contributed by atoms with van der Waals surface area (Å²) in [6.07, 6.45) is -4.50. The van der Waals surface area contributed by atoms with Crippen molar-refractivity contribution >= 4 is 5.91 Å². The molecule has 0 radical (unpaired) electrons. The summed E-state index contributed by atoms with van der Waals surface area (Å²) < 4.78 is 36.8. The third-order valence-electron chi connectivity index (χ3n) is 2.19. The number of hydrogen-bond donors (Lipinski definition) is 2. The van der Waals surface area contributed by atoms with E-state index < -0.39 is 23.9 Å². The highest BCUT2D eigenvalue weighted by Gasteiger charge is 2.45. The van der Waals surface area contributed by atoms with Gasteiger partial charge in [-0.1, -0.05) is 0 Å². The van der Waals surface area contributed by atoms with E-state index in [0.717, 1.165) is 6.92 Å². The molecule has 0 spiro atoms. The number of aromatic nitrogens is 2. The monoisotopic (exact) mass is 221 g/mol. The van der Waals surface area contributed by atoms with Gasteiger partial charge in [0, 0.05) is 6.20 Å². The van der Waals surface area contributed by atoms with Gasteiger partial charge in [-0.05, 0) is 13.0 Å². The number of aromatic amines is 1. The van der Waals surface area contributed by atoms with Crippen molar-refractivity contribution in [3.8, 4) is 0 Å². The van der Waals surface area contributed by atoms with E-state index in [1.165, 1.54) is 12.3 Å². The van der Waals surface area contributed by atoms with Gasteiger partial charge in [0.2, 0.25) is 5.91 Å². The van der Waals surface area contributed by atoms with Crippen LogP contribution < -0.4 is 5.73 Å². The summed E-state index contributed by atoms with van der Waals surface area (Å²) in [5.74, 6) is -1.04. The van der Waals surface area contributed by atoms with Gasteiger partial charge in [-0.15, -0.1) is 0 Å². The molecule has 1 aromatic heterocycles. The molecule has 1 unspecified atom stereocenters. The Bertz CT molecular complexity index is 347. The predicted octanol–water partition coefficient (Wildman–Crippen LogP) is 1.11. The number of H-pyrrole nitrogens is 1. The second-order valence-corrected chi connectivity index (χ2v) is 3.46. The molecule has 0 saturated heterocycles. The molecule has 0 fully saturated rings. The van der Waals surface area contributed by atoms with Crippen LogP contribution in [-0.4, -0.2) is 22.3 Å². The van der Waals surface area contributed by atoms with Gasteiger partial charge in [0.15, 0.2) is 0 Å². The molecule has 0 saturated carbocycles. The Morgan fingerprint density at radius 2 is 2.20 bits per heavy atom. The highest BCUT2D eigenvalue weighted by atomic mass is 19.4. The minimum absolute atomic E-state index is 0.0623. The average Bonchev–Trinajstić information content (AvgIpc) is 2.51. The van der Waals surface area contributed by atoms with Crippen molar-refractivity contribution in [2.24, 2.45) is 5.73 Å². The van der Waals surface area contributed by atoms with E-state index in [1.54, 1.807) is 0 Å². The Labute approximate surface area is 83.7 Å². The number of hydrogen-bond acceptors (Lipinski definition) is 2. The molecule has 1 aromatic rings. The van der Waals surface area contributed by atoms with Gasteiger partial charge >= 0.3 is 6.18 Å². The third-order valence-corrected chi connectivity index (χ3v) is 2.19. The van der Waals surface area contributed by atoms with Crippen LogP contribution in [-0.2, 0) is 10.2 Å². The minimum atomic E-state index is -4.46. The fraction of sp³-hybridized carbons (Fsp3) is 0.500. The van der Waals surface area contributed by atoms with Crippen LogP contribution in [0.4, 0.5) is 13.2 Å². The van der Waals surface area contributed by atoms with Gasteiger partial charge < -0.3 is 5.73 Å². The molecule has 0 bridgehead atoms. The Morgan fingerprint density at radius 1 is 1.60 bits per heavy atom. The van der Waals surface area contributed by atoms with Crippen LogP contribution in [0.5, 0.6) is 0 Å². The molecule has 7 heteroatoms. The number of primary amides is 1. The number of nitrogens with two attached hydrogens (primary N) is 1. The molecule has 4 nitrogen and oxygen atoms in total. The standard InChI is InChI=1S/C8H10F3N3O/c1-7(6(12)15,4-8(9,10)11)5-2-3-13-14-5/h2-3H,4H2,1H3,(H2,12,15)(H,13,14). The average molecular weight is 221 g/mol. The number of nitrogens with zero attached hydrogens (tertiary/aromatic N) is 1. The number of amides is 1. The molecule has 0 aliphatic carbocycles. The lowest BCUT2D eigenvalue weighted by Crippen LogP contribution is -2.42. The van der Waals surface area contributed by atoms with Gasteiger partial charge in [-0.25, -0.2) is 0 Å². The van der Waals surface area contributed by atoms with Crippen molar-refractivity contribution in [2.75, 3.05) is 0 Å². The lowest BCUT2D eigenvalue weighted by molar-refractivity contribution is -0.156. The van der Waals surface area contributed by atoms with Crippen molar-refractivity contribution in [3.63, 3.8) is 0 Å². The van der Waals surface area contributed by atoms with Gasteiger partial charge in [0.1, 0.15) is 0 Å². The smallest absolute Gasteiger partial charge is 0.369 e. The number of carbonyl (C=O) groups excluding carboxylic acids is 1. The summed E-state index contributed by atoms with van der Waals surface area (Å²) >= 11 is 0. The lowest BCUT2D eigenvalue weighted by Gasteiger charge is -2.25. The van der Waals surface area contributed by atoms with Crippen LogP contribution >= 0.6 is 0 Å². The molecule has 1 heterocycles. The van der Waals surface area contributed by atoms with Crippen LogP contribution in [0, 0.1) is 0 Å². The van der Waals surface area contributed by atoms with Crippen LogP contribution in [0.15, 0.2) is 12.3 Å². The zero-order valence-electron chi connectivity index (χ0n) is 7.93. The molecule has 1 atom stereocenters. The first-order valence-electron chi connectivity index (χ1n) is 4.12. The number of carbonyl (C=O) groups is 1. The molecular weight excluding hydrogens is 211 g/mol. The van der Waals surface area contributed by atoms with E-state index >= 15 is 0 Å². The van der Waals surface area contributed by atoms with Crippen LogP contribution in [0.2, 0.25) is 0 Å². The van der Waals surface area contributed by atoms with Crippen molar-refractivity contribution in [2.45, 2.75) is 24.9 Å².